The molecule has 8 heteroatoms. The Morgan fingerprint density at radius 1 is 1.12 bits per heavy atom. The summed E-state index contributed by atoms with van der Waals surface area (Å²) in [5.74, 6) is 0.561. The zero-order valence-corrected chi connectivity index (χ0v) is 16.0. The number of benzene rings is 1. The van der Waals surface area contributed by atoms with Crippen molar-refractivity contribution in [3.05, 3.63) is 48.4 Å². The molecule has 140 valence electrons. The third-order valence-electron chi connectivity index (χ3n) is 4.38. The summed E-state index contributed by atoms with van der Waals surface area (Å²) in [6.07, 6.45) is 7.55. The van der Waals surface area contributed by atoms with Gasteiger partial charge in [-0.15, -0.1) is 0 Å². The molecule has 2 aromatic rings. The molecule has 1 aromatic carbocycles. The van der Waals surface area contributed by atoms with E-state index in [9.17, 15) is 8.42 Å². The highest BCUT2D eigenvalue weighted by atomic mass is 32.2. The van der Waals surface area contributed by atoms with E-state index in [2.05, 4.69) is 15.4 Å². The molecule has 26 heavy (non-hydrogen) atoms. The van der Waals surface area contributed by atoms with Crippen LogP contribution in [0.25, 0.3) is 0 Å². The Hall–Kier alpha value is -1.90. The van der Waals surface area contributed by atoms with Crippen molar-refractivity contribution in [2.24, 2.45) is 0 Å². The molecule has 3 rings (SSSR count). The highest BCUT2D eigenvalue weighted by Crippen LogP contribution is 2.18. The van der Waals surface area contributed by atoms with E-state index in [1.807, 2.05) is 0 Å². The standard InChI is InChI=1S/C18H23N3O3S2/c22-26(23,19-13-16-7-4-12-24-16)17-10-8-15(9-11-17)21-18(25)20-14-5-2-1-3-6-14/h4,7-12,14,19H,1-3,5-6,13H2,(H2,20,21,25). The SMILES string of the molecule is O=S(=O)(NCc1ccco1)c1ccc(NC(=S)NC2CCCCC2)cc1. The Kier molecular flexibility index (Phi) is 6.29. The largest absolute Gasteiger partial charge is 0.468 e. The van der Waals surface area contributed by atoms with Crippen LogP contribution < -0.4 is 15.4 Å². The molecule has 0 unspecified atom stereocenters. The lowest BCUT2D eigenvalue weighted by atomic mass is 9.96. The third kappa shape index (κ3) is 5.30. The van der Waals surface area contributed by atoms with Gasteiger partial charge in [0, 0.05) is 11.7 Å². The summed E-state index contributed by atoms with van der Waals surface area (Å²) in [5, 5.41) is 7.01. The molecule has 3 N–H and O–H groups in total. The number of hydrogen-bond donors (Lipinski definition) is 3. The van der Waals surface area contributed by atoms with Crippen LogP contribution >= 0.6 is 12.2 Å². The average Bonchev–Trinajstić information content (AvgIpc) is 3.15. The maximum absolute atomic E-state index is 12.3. The molecule has 0 aliphatic heterocycles. The van der Waals surface area contributed by atoms with E-state index in [0.29, 0.717) is 16.9 Å². The molecular formula is C18H23N3O3S2. The molecule has 1 saturated carbocycles. The molecule has 0 spiro atoms. The van der Waals surface area contributed by atoms with Crippen LogP contribution in [0.1, 0.15) is 37.9 Å². The van der Waals surface area contributed by atoms with Gasteiger partial charge >= 0.3 is 0 Å². The van der Waals surface area contributed by atoms with Crippen molar-refractivity contribution in [2.75, 3.05) is 5.32 Å². The molecule has 1 aliphatic carbocycles. The highest BCUT2D eigenvalue weighted by molar-refractivity contribution is 7.89. The van der Waals surface area contributed by atoms with E-state index in [-0.39, 0.29) is 11.4 Å². The topological polar surface area (TPSA) is 83.4 Å². The van der Waals surface area contributed by atoms with Crippen molar-refractivity contribution in [1.29, 1.82) is 0 Å². The van der Waals surface area contributed by atoms with E-state index in [1.165, 1.54) is 25.5 Å². The van der Waals surface area contributed by atoms with Gasteiger partial charge in [0.25, 0.3) is 0 Å². The maximum Gasteiger partial charge on any atom is 0.240 e. The van der Waals surface area contributed by atoms with Crippen LogP contribution in [0.4, 0.5) is 5.69 Å². The van der Waals surface area contributed by atoms with Crippen LogP contribution in [-0.4, -0.2) is 19.6 Å². The smallest absolute Gasteiger partial charge is 0.240 e. The number of sulfonamides is 1. The number of furan rings is 1. The van der Waals surface area contributed by atoms with Gasteiger partial charge < -0.3 is 15.1 Å². The minimum Gasteiger partial charge on any atom is -0.468 e. The number of rotatable bonds is 6. The summed E-state index contributed by atoms with van der Waals surface area (Å²) >= 11 is 5.35. The fourth-order valence-corrected chi connectivity index (χ4v) is 4.26. The third-order valence-corrected chi connectivity index (χ3v) is 6.02. The minimum atomic E-state index is -3.59. The second-order valence-corrected chi connectivity index (χ2v) is 8.54. The summed E-state index contributed by atoms with van der Waals surface area (Å²) in [4.78, 5) is 0.195. The zero-order valence-electron chi connectivity index (χ0n) is 14.4. The van der Waals surface area contributed by atoms with Crippen LogP contribution in [0.3, 0.4) is 0 Å². The first kappa shape index (κ1) is 18.9. The summed E-state index contributed by atoms with van der Waals surface area (Å²) in [6.45, 7) is 0.116. The van der Waals surface area contributed by atoms with E-state index in [0.717, 1.165) is 18.5 Å². The second kappa shape index (κ2) is 8.66. The fraction of sp³-hybridized carbons (Fsp3) is 0.389. The molecule has 1 heterocycles. The maximum atomic E-state index is 12.3. The van der Waals surface area contributed by atoms with Gasteiger partial charge in [-0.1, -0.05) is 19.3 Å². The molecule has 0 saturated heterocycles. The molecule has 0 atom stereocenters. The van der Waals surface area contributed by atoms with Gasteiger partial charge in [-0.3, -0.25) is 0 Å². The van der Waals surface area contributed by atoms with Crippen LogP contribution in [-0.2, 0) is 16.6 Å². The Balaban J connectivity index is 1.54. The molecule has 0 amide bonds. The normalized spacial score (nSPS) is 15.5. The van der Waals surface area contributed by atoms with Gasteiger partial charge in [-0.25, -0.2) is 13.1 Å². The monoisotopic (exact) mass is 393 g/mol. The van der Waals surface area contributed by atoms with Crippen LogP contribution in [0.5, 0.6) is 0 Å². The van der Waals surface area contributed by atoms with Crippen LogP contribution in [0.15, 0.2) is 52.0 Å². The molecule has 1 aliphatic rings. The number of hydrogen-bond acceptors (Lipinski definition) is 4. The van der Waals surface area contributed by atoms with Gasteiger partial charge in [0.05, 0.1) is 17.7 Å². The van der Waals surface area contributed by atoms with Crippen molar-refractivity contribution in [1.82, 2.24) is 10.0 Å². The molecule has 0 radical (unpaired) electrons. The quantitative estimate of drug-likeness (QED) is 0.653. The van der Waals surface area contributed by atoms with E-state index >= 15 is 0 Å². The fourth-order valence-electron chi connectivity index (χ4n) is 2.98. The number of nitrogens with one attached hydrogen (secondary N) is 3. The van der Waals surface area contributed by atoms with E-state index in [4.69, 9.17) is 16.6 Å². The van der Waals surface area contributed by atoms with Crippen molar-refractivity contribution in [3.8, 4) is 0 Å². The summed E-state index contributed by atoms with van der Waals surface area (Å²) in [5.41, 5.74) is 0.753. The summed E-state index contributed by atoms with van der Waals surface area (Å²) in [6, 6.07) is 10.4. The molecule has 1 fully saturated rings. The van der Waals surface area contributed by atoms with Gasteiger partial charge in [-0.2, -0.15) is 0 Å². The Morgan fingerprint density at radius 3 is 2.50 bits per heavy atom. The zero-order chi connectivity index (χ0) is 18.4. The van der Waals surface area contributed by atoms with Crippen molar-refractivity contribution < 1.29 is 12.8 Å². The number of thiocarbonyl (C=S) groups is 1. The summed E-state index contributed by atoms with van der Waals surface area (Å²) in [7, 11) is -3.59. The lowest BCUT2D eigenvalue weighted by molar-refractivity contribution is 0.415. The average molecular weight is 394 g/mol. The molecular weight excluding hydrogens is 370 g/mol. The lowest BCUT2D eigenvalue weighted by Gasteiger charge is -2.24. The Morgan fingerprint density at radius 2 is 1.85 bits per heavy atom. The first-order valence-electron chi connectivity index (χ1n) is 8.72. The van der Waals surface area contributed by atoms with Crippen molar-refractivity contribution in [2.45, 2.75) is 49.6 Å². The van der Waals surface area contributed by atoms with E-state index in [1.54, 1.807) is 36.4 Å². The first-order valence-corrected chi connectivity index (χ1v) is 10.6. The van der Waals surface area contributed by atoms with Gasteiger partial charge in [-0.05, 0) is 61.5 Å². The van der Waals surface area contributed by atoms with Crippen LogP contribution in [0.2, 0.25) is 0 Å². The molecule has 1 aromatic heterocycles. The van der Waals surface area contributed by atoms with Crippen LogP contribution in [0, 0.1) is 0 Å². The number of anilines is 1. The minimum absolute atomic E-state index is 0.116. The van der Waals surface area contributed by atoms with Crippen molar-refractivity contribution >= 4 is 33.0 Å². The Labute approximate surface area is 159 Å². The second-order valence-electron chi connectivity index (χ2n) is 6.36. The predicted octanol–water partition coefficient (Wildman–Crippen LogP) is 3.38. The Bertz CT molecular complexity index is 812. The summed E-state index contributed by atoms with van der Waals surface area (Å²) < 4.78 is 32.3. The highest BCUT2D eigenvalue weighted by Gasteiger charge is 2.16. The van der Waals surface area contributed by atoms with Gasteiger partial charge in [0.15, 0.2) is 5.11 Å². The van der Waals surface area contributed by atoms with Crippen molar-refractivity contribution in [3.63, 3.8) is 0 Å². The van der Waals surface area contributed by atoms with E-state index < -0.39 is 10.0 Å². The molecule has 0 bridgehead atoms. The van der Waals surface area contributed by atoms with Gasteiger partial charge in [0.1, 0.15) is 5.76 Å². The lowest BCUT2D eigenvalue weighted by Crippen LogP contribution is -2.38. The van der Waals surface area contributed by atoms with Gasteiger partial charge in [0.2, 0.25) is 10.0 Å². The first-order chi connectivity index (χ1) is 12.5. The molecule has 6 nitrogen and oxygen atoms in total. The predicted molar refractivity (Wildman–Crippen MR) is 105 cm³/mol.